The highest BCUT2D eigenvalue weighted by Gasteiger charge is 2.15. The Balaban J connectivity index is 2.03. The van der Waals surface area contributed by atoms with Crippen molar-refractivity contribution in [3.63, 3.8) is 0 Å². The highest BCUT2D eigenvalue weighted by Crippen LogP contribution is 2.31. The summed E-state index contributed by atoms with van der Waals surface area (Å²) in [7, 11) is 0. The van der Waals surface area contributed by atoms with Crippen molar-refractivity contribution in [3.05, 3.63) is 56.6 Å². The fourth-order valence-electron chi connectivity index (χ4n) is 1.84. The SMILES string of the molecule is NC(c1csc(Br)c1)c1cc2cc(F)ccc2o1. The first-order chi connectivity index (χ1) is 8.63. The van der Waals surface area contributed by atoms with Gasteiger partial charge < -0.3 is 10.2 Å². The molecule has 18 heavy (non-hydrogen) atoms. The quantitative estimate of drug-likeness (QED) is 0.756. The van der Waals surface area contributed by atoms with Crippen molar-refractivity contribution in [1.82, 2.24) is 0 Å². The maximum absolute atomic E-state index is 13.1. The highest BCUT2D eigenvalue weighted by molar-refractivity contribution is 9.11. The summed E-state index contributed by atoms with van der Waals surface area (Å²) >= 11 is 4.97. The molecule has 0 aliphatic rings. The molecule has 0 radical (unpaired) electrons. The van der Waals surface area contributed by atoms with Crippen molar-refractivity contribution >= 4 is 38.2 Å². The lowest BCUT2D eigenvalue weighted by molar-refractivity contribution is 0.525. The van der Waals surface area contributed by atoms with E-state index in [0.29, 0.717) is 11.3 Å². The molecular weight excluding hydrogens is 317 g/mol. The van der Waals surface area contributed by atoms with Crippen LogP contribution in [0.25, 0.3) is 11.0 Å². The second-order valence-corrected chi connectivity index (χ2v) is 6.28. The topological polar surface area (TPSA) is 39.2 Å². The van der Waals surface area contributed by atoms with Crippen molar-refractivity contribution < 1.29 is 8.81 Å². The summed E-state index contributed by atoms with van der Waals surface area (Å²) in [6.45, 7) is 0. The minimum Gasteiger partial charge on any atom is -0.459 e. The van der Waals surface area contributed by atoms with Crippen LogP contribution >= 0.6 is 27.3 Å². The van der Waals surface area contributed by atoms with Gasteiger partial charge in [0.15, 0.2) is 0 Å². The molecule has 1 aromatic carbocycles. The lowest BCUT2D eigenvalue weighted by Crippen LogP contribution is -2.09. The summed E-state index contributed by atoms with van der Waals surface area (Å²) < 4.78 is 19.8. The van der Waals surface area contributed by atoms with E-state index in [1.54, 1.807) is 23.5 Å². The Morgan fingerprint density at radius 1 is 1.28 bits per heavy atom. The van der Waals surface area contributed by atoms with Crippen LogP contribution in [0.3, 0.4) is 0 Å². The zero-order valence-corrected chi connectivity index (χ0v) is 11.6. The second-order valence-electron chi connectivity index (χ2n) is 3.99. The van der Waals surface area contributed by atoms with E-state index in [1.807, 2.05) is 11.4 Å². The monoisotopic (exact) mass is 325 g/mol. The van der Waals surface area contributed by atoms with Gasteiger partial charge in [0, 0.05) is 5.39 Å². The summed E-state index contributed by atoms with van der Waals surface area (Å²) in [5.41, 5.74) is 7.76. The third-order valence-corrected chi connectivity index (χ3v) is 4.27. The summed E-state index contributed by atoms with van der Waals surface area (Å²) in [5.74, 6) is 0.364. The maximum atomic E-state index is 13.1. The van der Waals surface area contributed by atoms with Crippen molar-refractivity contribution in [2.75, 3.05) is 0 Å². The van der Waals surface area contributed by atoms with E-state index in [0.717, 1.165) is 14.7 Å². The molecule has 1 atom stereocenters. The van der Waals surface area contributed by atoms with Gasteiger partial charge in [0.1, 0.15) is 17.2 Å². The molecule has 0 saturated heterocycles. The van der Waals surface area contributed by atoms with Crippen LogP contribution in [0.2, 0.25) is 0 Å². The van der Waals surface area contributed by atoms with E-state index in [-0.39, 0.29) is 11.9 Å². The van der Waals surface area contributed by atoms with Gasteiger partial charge in [-0.1, -0.05) is 0 Å². The van der Waals surface area contributed by atoms with E-state index < -0.39 is 0 Å². The van der Waals surface area contributed by atoms with E-state index in [9.17, 15) is 4.39 Å². The smallest absolute Gasteiger partial charge is 0.134 e. The van der Waals surface area contributed by atoms with Gasteiger partial charge >= 0.3 is 0 Å². The molecule has 5 heteroatoms. The van der Waals surface area contributed by atoms with Gasteiger partial charge in [-0.2, -0.15) is 0 Å². The minimum atomic E-state index is -0.331. The van der Waals surface area contributed by atoms with Crippen LogP contribution < -0.4 is 5.73 Å². The fraction of sp³-hybridized carbons (Fsp3) is 0.0769. The lowest BCUT2D eigenvalue weighted by Gasteiger charge is -2.05. The van der Waals surface area contributed by atoms with Crippen molar-refractivity contribution in [2.24, 2.45) is 5.73 Å². The molecule has 0 aliphatic heterocycles. The number of nitrogens with two attached hydrogens (primary N) is 1. The molecule has 3 aromatic rings. The molecule has 0 bridgehead atoms. The summed E-state index contributed by atoms with van der Waals surface area (Å²) in [6, 6.07) is 7.85. The first-order valence-corrected chi connectivity index (χ1v) is 6.99. The van der Waals surface area contributed by atoms with Crippen LogP contribution in [0.15, 0.2) is 43.9 Å². The average Bonchev–Trinajstić information content (AvgIpc) is 2.93. The van der Waals surface area contributed by atoms with E-state index in [4.69, 9.17) is 10.2 Å². The summed E-state index contributed by atoms with van der Waals surface area (Å²) in [6.07, 6.45) is 0. The van der Waals surface area contributed by atoms with Gasteiger partial charge in [-0.25, -0.2) is 4.39 Å². The number of fused-ring (bicyclic) bond motifs is 1. The number of hydrogen-bond acceptors (Lipinski definition) is 3. The van der Waals surface area contributed by atoms with Crippen LogP contribution in [-0.4, -0.2) is 0 Å². The van der Waals surface area contributed by atoms with Crippen molar-refractivity contribution in [2.45, 2.75) is 6.04 Å². The summed E-state index contributed by atoms with van der Waals surface area (Å²) in [4.78, 5) is 0. The molecule has 2 nitrogen and oxygen atoms in total. The fourth-order valence-corrected chi connectivity index (χ4v) is 3.05. The zero-order valence-electron chi connectivity index (χ0n) is 9.19. The molecule has 2 heterocycles. The zero-order chi connectivity index (χ0) is 12.7. The van der Waals surface area contributed by atoms with Crippen LogP contribution in [0, 0.1) is 5.82 Å². The Labute approximate surface area is 115 Å². The van der Waals surface area contributed by atoms with Crippen LogP contribution in [-0.2, 0) is 0 Å². The van der Waals surface area contributed by atoms with Gasteiger partial charge in [-0.15, -0.1) is 11.3 Å². The largest absolute Gasteiger partial charge is 0.459 e. The lowest BCUT2D eigenvalue weighted by atomic mass is 10.1. The number of halogens is 2. The average molecular weight is 326 g/mol. The predicted molar refractivity (Wildman–Crippen MR) is 74.2 cm³/mol. The third-order valence-electron chi connectivity index (χ3n) is 2.75. The predicted octanol–water partition coefficient (Wildman–Crippen LogP) is 4.44. The molecule has 0 amide bonds. The van der Waals surface area contributed by atoms with Crippen molar-refractivity contribution in [3.8, 4) is 0 Å². The van der Waals surface area contributed by atoms with Crippen LogP contribution in [0.5, 0.6) is 0 Å². The Hall–Kier alpha value is -1.17. The number of thiophene rings is 1. The molecule has 1 unspecified atom stereocenters. The van der Waals surface area contributed by atoms with E-state index in [1.165, 1.54) is 12.1 Å². The van der Waals surface area contributed by atoms with Gasteiger partial charge in [0.2, 0.25) is 0 Å². The molecular formula is C13H9BrFNOS. The Kier molecular flexibility index (Phi) is 2.97. The standard InChI is InChI=1S/C13H9BrFNOS/c14-12-5-8(6-18-12)13(16)11-4-7-3-9(15)1-2-10(7)17-11/h1-6,13H,16H2. The first kappa shape index (κ1) is 11.9. The third kappa shape index (κ3) is 2.09. The molecule has 0 spiro atoms. The molecule has 0 fully saturated rings. The van der Waals surface area contributed by atoms with Crippen LogP contribution in [0.4, 0.5) is 4.39 Å². The Morgan fingerprint density at radius 3 is 2.83 bits per heavy atom. The second kappa shape index (κ2) is 4.50. The highest BCUT2D eigenvalue weighted by atomic mass is 79.9. The number of benzene rings is 1. The van der Waals surface area contributed by atoms with Crippen LogP contribution in [0.1, 0.15) is 17.4 Å². The molecule has 3 rings (SSSR count). The normalized spacial score (nSPS) is 13.1. The van der Waals surface area contributed by atoms with Gasteiger partial charge in [0.05, 0.1) is 9.83 Å². The molecule has 92 valence electrons. The van der Waals surface area contributed by atoms with E-state index in [2.05, 4.69) is 15.9 Å². The van der Waals surface area contributed by atoms with Crippen molar-refractivity contribution in [1.29, 1.82) is 0 Å². The molecule has 2 N–H and O–H groups in total. The van der Waals surface area contributed by atoms with Gasteiger partial charge in [-0.3, -0.25) is 0 Å². The Morgan fingerprint density at radius 2 is 2.11 bits per heavy atom. The maximum Gasteiger partial charge on any atom is 0.134 e. The molecule has 0 aliphatic carbocycles. The Bertz CT molecular complexity index is 706. The number of hydrogen-bond donors (Lipinski definition) is 1. The van der Waals surface area contributed by atoms with Gasteiger partial charge in [-0.05, 0) is 57.2 Å². The molecule has 0 saturated carbocycles. The minimum absolute atomic E-state index is 0.276. The van der Waals surface area contributed by atoms with E-state index >= 15 is 0 Å². The number of rotatable bonds is 2. The first-order valence-electron chi connectivity index (χ1n) is 5.32. The molecule has 2 aromatic heterocycles. The van der Waals surface area contributed by atoms with Gasteiger partial charge in [0.25, 0.3) is 0 Å². The number of furan rings is 1. The summed E-state index contributed by atoms with van der Waals surface area (Å²) in [5, 5.41) is 2.71.